The standard InChI is InChI=1S/C16H18N4O2S/c17-15(14-2-1-7-23-14)20-10-3-5-11(6-4-10)22-12-8-13(16(18)21)19-9-12/h1-7,12-13,19H,8-9H2,(H2,17,20)(H2,18,21)/t12?,13-/m0/s1. The first-order valence-corrected chi connectivity index (χ1v) is 8.17. The van der Waals surface area contributed by atoms with Gasteiger partial charge in [-0.3, -0.25) is 4.79 Å². The van der Waals surface area contributed by atoms with Crippen molar-refractivity contribution < 1.29 is 9.53 Å². The van der Waals surface area contributed by atoms with E-state index in [0.717, 1.165) is 16.3 Å². The van der Waals surface area contributed by atoms with Gasteiger partial charge in [0.05, 0.1) is 16.6 Å². The molecule has 1 aromatic heterocycles. The molecule has 1 saturated heterocycles. The number of aliphatic imine (C=N–C) groups is 1. The minimum atomic E-state index is -0.343. The fraction of sp³-hybridized carbons (Fsp3) is 0.250. The van der Waals surface area contributed by atoms with Gasteiger partial charge in [-0.2, -0.15) is 0 Å². The Hall–Kier alpha value is -2.38. The van der Waals surface area contributed by atoms with Crippen LogP contribution in [0.15, 0.2) is 46.8 Å². The summed E-state index contributed by atoms with van der Waals surface area (Å²) in [6.07, 6.45) is 0.527. The second-order valence-electron chi connectivity index (χ2n) is 5.31. The smallest absolute Gasteiger partial charge is 0.234 e. The van der Waals surface area contributed by atoms with Gasteiger partial charge in [0.15, 0.2) is 0 Å². The summed E-state index contributed by atoms with van der Waals surface area (Å²) in [5, 5.41) is 5.00. The molecule has 1 aliphatic rings. The van der Waals surface area contributed by atoms with Gasteiger partial charge in [-0.25, -0.2) is 4.99 Å². The minimum absolute atomic E-state index is 0.0574. The predicted octanol–water partition coefficient (Wildman–Crippen LogP) is 1.38. The summed E-state index contributed by atoms with van der Waals surface area (Å²) in [6.45, 7) is 0.610. The number of nitrogens with two attached hydrogens (primary N) is 2. The van der Waals surface area contributed by atoms with E-state index >= 15 is 0 Å². The number of hydrogen-bond acceptors (Lipinski definition) is 5. The van der Waals surface area contributed by atoms with E-state index in [1.807, 2.05) is 41.8 Å². The summed E-state index contributed by atoms with van der Waals surface area (Å²) >= 11 is 1.55. The van der Waals surface area contributed by atoms with E-state index < -0.39 is 0 Å². The highest BCUT2D eigenvalue weighted by molar-refractivity contribution is 7.12. The van der Waals surface area contributed by atoms with Crippen LogP contribution in [0.25, 0.3) is 0 Å². The van der Waals surface area contributed by atoms with Crippen molar-refractivity contribution in [3.8, 4) is 5.75 Å². The van der Waals surface area contributed by atoms with Crippen LogP contribution >= 0.6 is 11.3 Å². The monoisotopic (exact) mass is 330 g/mol. The number of amidine groups is 1. The second kappa shape index (κ2) is 6.80. The first-order chi connectivity index (χ1) is 11.1. The van der Waals surface area contributed by atoms with Crippen LogP contribution in [0, 0.1) is 0 Å². The van der Waals surface area contributed by atoms with Gasteiger partial charge in [-0.1, -0.05) is 6.07 Å². The molecule has 6 nitrogen and oxygen atoms in total. The van der Waals surface area contributed by atoms with Crippen molar-refractivity contribution in [1.29, 1.82) is 0 Å². The van der Waals surface area contributed by atoms with Gasteiger partial charge in [-0.15, -0.1) is 11.3 Å². The van der Waals surface area contributed by atoms with Crippen molar-refractivity contribution >= 4 is 28.8 Å². The molecule has 0 saturated carbocycles. The number of carbonyl (C=O) groups excluding carboxylic acids is 1. The van der Waals surface area contributed by atoms with Crippen LogP contribution in [0.2, 0.25) is 0 Å². The number of nitrogens with one attached hydrogen (secondary N) is 1. The normalized spacial score (nSPS) is 21.3. The molecule has 1 aromatic carbocycles. The van der Waals surface area contributed by atoms with Crippen LogP contribution in [-0.4, -0.2) is 30.4 Å². The van der Waals surface area contributed by atoms with Crippen LogP contribution in [0.4, 0.5) is 5.69 Å². The van der Waals surface area contributed by atoms with E-state index in [1.54, 1.807) is 11.3 Å². The van der Waals surface area contributed by atoms with Crippen molar-refractivity contribution in [2.24, 2.45) is 16.5 Å². The predicted molar refractivity (Wildman–Crippen MR) is 91.2 cm³/mol. The summed E-state index contributed by atoms with van der Waals surface area (Å²) in [5.41, 5.74) is 12.0. The zero-order valence-electron chi connectivity index (χ0n) is 12.4. The summed E-state index contributed by atoms with van der Waals surface area (Å²) in [6, 6.07) is 11.0. The number of carbonyl (C=O) groups is 1. The maximum Gasteiger partial charge on any atom is 0.234 e. The molecule has 7 heteroatoms. The minimum Gasteiger partial charge on any atom is -0.489 e. The van der Waals surface area contributed by atoms with Crippen molar-refractivity contribution in [1.82, 2.24) is 5.32 Å². The van der Waals surface area contributed by atoms with Crippen molar-refractivity contribution in [2.45, 2.75) is 18.6 Å². The Morgan fingerprint density at radius 2 is 2.04 bits per heavy atom. The zero-order chi connectivity index (χ0) is 16.2. The number of benzene rings is 1. The fourth-order valence-electron chi connectivity index (χ4n) is 2.42. The Labute approximate surface area is 138 Å². The molecule has 1 fully saturated rings. The molecular formula is C16H18N4O2S. The van der Waals surface area contributed by atoms with E-state index in [-0.39, 0.29) is 18.1 Å². The third-order valence-corrected chi connectivity index (χ3v) is 4.49. The SMILES string of the molecule is NC(=O)[C@@H]1CC(Oc2ccc(N=C(N)c3cccs3)cc2)CN1. The van der Waals surface area contributed by atoms with E-state index in [2.05, 4.69) is 10.3 Å². The van der Waals surface area contributed by atoms with Gasteiger partial charge in [0, 0.05) is 13.0 Å². The summed E-state index contributed by atoms with van der Waals surface area (Å²) in [7, 11) is 0. The average Bonchev–Trinajstić information content (AvgIpc) is 3.20. The van der Waals surface area contributed by atoms with Crippen LogP contribution in [0.3, 0.4) is 0 Å². The lowest BCUT2D eigenvalue weighted by atomic mass is 10.2. The molecule has 1 amide bonds. The van der Waals surface area contributed by atoms with Crippen LogP contribution < -0.4 is 21.5 Å². The topological polar surface area (TPSA) is 103 Å². The highest BCUT2D eigenvalue weighted by Crippen LogP contribution is 2.22. The van der Waals surface area contributed by atoms with Crippen LogP contribution in [0.1, 0.15) is 11.3 Å². The molecule has 2 atom stereocenters. The highest BCUT2D eigenvalue weighted by Gasteiger charge is 2.29. The number of ether oxygens (including phenoxy) is 1. The van der Waals surface area contributed by atoms with Gasteiger partial charge < -0.3 is 21.5 Å². The summed E-state index contributed by atoms with van der Waals surface area (Å²) < 4.78 is 5.84. The third-order valence-electron chi connectivity index (χ3n) is 3.60. The molecule has 1 unspecified atom stereocenters. The van der Waals surface area contributed by atoms with Crippen molar-refractivity contribution in [3.05, 3.63) is 46.7 Å². The van der Waals surface area contributed by atoms with Gasteiger partial charge in [0.25, 0.3) is 0 Å². The molecule has 1 aliphatic heterocycles. The Kier molecular flexibility index (Phi) is 4.59. The molecule has 23 heavy (non-hydrogen) atoms. The van der Waals surface area contributed by atoms with Gasteiger partial charge in [0.1, 0.15) is 17.7 Å². The van der Waals surface area contributed by atoms with Crippen molar-refractivity contribution in [2.75, 3.05) is 6.54 Å². The number of thiophene rings is 1. The quantitative estimate of drug-likeness (QED) is 0.569. The lowest BCUT2D eigenvalue weighted by Gasteiger charge is -2.12. The number of rotatable bonds is 5. The fourth-order valence-corrected chi connectivity index (χ4v) is 3.05. The molecule has 5 N–H and O–H groups in total. The maximum atomic E-state index is 11.1. The third kappa shape index (κ3) is 3.88. The zero-order valence-corrected chi connectivity index (χ0v) is 13.3. The van der Waals surface area contributed by atoms with Gasteiger partial charge >= 0.3 is 0 Å². The summed E-state index contributed by atoms with van der Waals surface area (Å²) in [5.74, 6) is 0.887. The molecule has 2 heterocycles. The first-order valence-electron chi connectivity index (χ1n) is 7.29. The average molecular weight is 330 g/mol. The van der Waals surface area contributed by atoms with Crippen LogP contribution in [-0.2, 0) is 4.79 Å². The van der Waals surface area contributed by atoms with E-state index in [0.29, 0.717) is 18.8 Å². The first kappa shape index (κ1) is 15.5. The maximum absolute atomic E-state index is 11.1. The molecular weight excluding hydrogens is 312 g/mol. The Bertz CT molecular complexity index is 697. The number of hydrogen-bond donors (Lipinski definition) is 3. The number of amides is 1. The Morgan fingerprint density at radius 1 is 1.26 bits per heavy atom. The number of nitrogens with zero attached hydrogens (tertiary/aromatic N) is 1. The van der Waals surface area contributed by atoms with Gasteiger partial charge in [0.2, 0.25) is 5.91 Å². The number of primary amides is 1. The largest absolute Gasteiger partial charge is 0.489 e. The van der Waals surface area contributed by atoms with E-state index in [1.165, 1.54) is 0 Å². The van der Waals surface area contributed by atoms with Gasteiger partial charge in [-0.05, 0) is 35.7 Å². The molecule has 2 aromatic rings. The Morgan fingerprint density at radius 3 is 2.65 bits per heavy atom. The highest BCUT2D eigenvalue weighted by atomic mass is 32.1. The molecule has 3 rings (SSSR count). The van der Waals surface area contributed by atoms with E-state index in [4.69, 9.17) is 16.2 Å². The van der Waals surface area contributed by atoms with E-state index in [9.17, 15) is 4.79 Å². The lowest BCUT2D eigenvalue weighted by molar-refractivity contribution is -0.119. The molecule has 0 bridgehead atoms. The van der Waals surface area contributed by atoms with Crippen LogP contribution in [0.5, 0.6) is 5.75 Å². The molecule has 0 radical (unpaired) electrons. The Balaban J connectivity index is 1.62. The molecule has 0 aliphatic carbocycles. The second-order valence-corrected chi connectivity index (χ2v) is 6.25. The lowest BCUT2D eigenvalue weighted by Crippen LogP contribution is -2.36. The molecule has 120 valence electrons. The van der Waals surface area contributed by atoms with Crippen molar-refractivity contribution in [3.63, 3.8) is 0 Å². The molecule has 0 spiro atoms. The summed E-state index contributed by atoms with van der Waals surface area (Å²) in [4.78, 5) is 16.5.